The summed E-state index contributed by atoms with van der Waals surface area (Å²) in [5.74, 6) is 0.340. The highest BCUT2D eigenvalue weighted by molar-refractivity contribution is 5.35. The maximum absolute atomic E-state index is 3.73. The predicted octanol–water partition coefficient (Wildman–Crippen LogP) is 5.04. The molecule has 1 nitrogen and oxygen atoms in total. The fourth-order valence-electron chi connectivity index (χ4n) is 3.42. The summed E-state index contributed by atoms with van der Waals surface area (Å²) in [7, 11) is 0. The van der Waals surface area contributed by atoms with Gasteiger partial charge in [0.2, 0.25) is 0 Å². The van der Waals surface area contributed by atoms with E-state index >= 15 is 0 Å². The molecule has 1 N–H and O–H groups in total. The molecule has 0 bridgehead atoms. The van der Waals surface area contributed by atoms with Crippen LogP contribution in [0.15, 0.2) is 91.0 Å². The monoisotopic (exact) mass is 315 g/mol. The second kappa shape index (κ2) is 8.47. The van der Waals surface area contributed by atoms with Crippen molar-refractivity contribution in [2.45, 2.75) is 25.3 Å². The molecular weight excluding hydrogens is 290 g/mol. The Morgan fingerprint density at radius 3 is 1.58 bits per heavy atom. The molecule has 1 heteroatoms. The van der Waals surface area contributed by atoms with Gasteiger partial charge in [0, 0.05) is 12.0 Å². The third-order valence-electron chi connectivity index (χ3n) is 4.48. The Morgan fingerprint density at radius 2 is 1.12 bits per heavy atom. The Balaban J connectivity index is 1.97. The highest BCUT2D eigenvalue weighted by atomic mass is 14.9. The van der Waals surface area contributed by atoms with Crippen LogP contribution in [0.4, 0.5) is 0 Å². The van der Waals surface area contributed by atoms with E-state index in [1.165, 1.54) is 16.7 Å². The molecule has 24 heavy (non-hydrogen) atoms. The van der Waals surface area contributed by atoms with E-state index in [2.05, 4.69) is 103 Å². The van der Waals surface area contributed by atoms with Crippen molar-refractivity contribution in [3.8, 4) is 0 Å². The number of hydrogen-bond acceptors (Lipinski definition) is 1. The molecule has 1 unspecified atom stereocenters. The zero-order chi connectivity index (χ0) is 16.6. The molecule has 1 atom stereocenters. The first-order chi connectivity index (χ1) is 11.9. The van der Waals surface area contributed by atoms with E-state index in [-0.39, 0.29) is 0 Å². The average Bonchev–Trinajstić information content (AvgIpc) is 2.65. The molecule has 122 valence electrons. The molecule has 0 aliphatic carbocycles. The lowest BCUT2D eigenvalue weighted by Crippen LogP contribution is -2.37. The highest BCUT2D eigenvalue weighted by Crippen LogP contribution is 2.29. The lowest BCUT2D eigenvalue weighted by molar-refractivity contribution is 0.475. The SMILES string of the molecule is CCNC(Cc1ccccc1)C(c1ccccc1)c1ccccc1. The van der Waals surface area contributed by atoms with Crippen LogP contribution < -0.4 is 5.32 Å². The Morgan fingerprint density at radius 1 is 0.667 bits per heavy atom. The zero-order valence-corrected chi connectivity index (χ0v) is 14.2. The Kier molecular flexibility index (Phi) is 5.81. The minimum absolute atomic E-state index is 0.340. The summed E-state index contributed by atoms with van der Waals surface area (Å²) in [4.78, 5) is 0. The second-order valence-corrected chi connectivity index (χ2v) is 6.15. The quantitative estimate of drug-likeness (QED) is 0.644. The van der Waals surface area contributed by atoms with Crippen molar-refractivity contribution in [3.05, 3.63) is 108 Å². The van der Waals surface area contributed by atoms with Gasteiger partial charge in [-0.2, -0.15) is 0 Å². The van der Waals surface area contributed by atoms with Crippen molar-refractivity contribution in [1.29, 1.82) is 0 Å². The summed E-state index contributed by atoms with van der Waals surface area (Å²) < 4.78 is 0. The Hall–Kier alpha value is -2.38. The molecule has 3 aromatic rings. The molecular formula is C23H25N. The fourth-order valence-corrected chi connectivity index (χ4v) is 3.42. The normalized spacial score (nSPS) is 12.2. The van der Waals surface area contributed by atoms with Crippen LogP contribution in [0.3, 0.4) is 0 Å². The number of hydrogen-bond donors (Lipinski definition) is 1. The lowest BCUT2D eigenvalue weighted by Gasteiger charge is -2.29. The van der Waals surface area contributed by atoms with Crippen LogP contribution in [0.25, 0.3) is 0 Å². The van der Waals surface area contributed by atoms with E-state index in [0.29, 0.717) is 12.0 Å². The van der Waals surface area contributed by atoms with Crippen molar-refractivity contribution in [1.82, 2.24) is 5.32 Å². The maximum Gasteiger partial charge on any atom is 0.0246 e. The first kappa shape index (κ1) is 16.5. The number of rotatable bonds is 7. The van der Waals surface area contributed by atoms with Gasteiger partial charge in [-0.1, -0.05) is 97.9 Å². The topological polar surface area (TPSA) is 12.0 Å². The maximum atomic E-state index is 3.73. The minimum atomic E-state index is 0.340. The molecule has 0 aliphatic heterocycles. The van der Waals surface area contributed by atoms with E-state index in [1.54, 1.807) is 0 Å². The molecule has 0 saturated heterocycles. The number of benzene rings is 3. The summed E-state index contributed by atoms with van der Waals surface area (Å²) in [6.07, 6.45) is 1.02. The molecule has 0 aromatic heterocycles. The van der Waals surface area contributed by atoms with Crippen molar-refractivity contribution in [3.63, 3.8) is 0 Å². The van der Waals surface area contributed by atoms with Gasteiger partial charge >= 0.3 is 0 Å². The van der Waals surface area contributed by atoms with Gasteiger partial charge in [-0.3, -0.25) is 0 Å². The summed E-state index contributed by atoms with van der Waals surface area (Å²) in [6.45, 7) is 3.15. The predicted molar refractivity (Wildman–Crippen MR) is 102 cm³/mol. The van der Waals surface area contributed by atoms with Crippen molar-refractivity contribution in [2.24, 2.45) is 0 Å². The standard InChI is InChI=1S/C23H25N/c1-2-24-22(18-19-12-6-3-7-13-19)23(20-14-8-4-9-15-20)21-16-10-5-11-17-21/h3-17,22-24H,2,18H2,1H3. The third-order valence-corrected chi connectivity index (χ3v) is 4.48. The summed E-state index contributed by atoms with van der Waals surface area (Å²) in [5.41, 5.74) is 4.11. The van der Waals surface area contributed by atoms with Gasteiger partial charge in [0.25, 0.3) is 0 Å². The van der Waals surface area contributed by atoms with Gasteiger partial charge in [0.05, 0.1) is 0 Å². The molecule has 3 rings (SSSR count). The highest BCUT2D eigenvalue weighted by Gasteiger charge is 2.24. The molecule has 0 spiro atoms. The Labute approximate surface area is 145 Å². The summed E-state index contributed by atoms with van der Waals surface area (Å²) in [6, 6.07) is 32.8. The van der Waals surface area contributed by atoms with Crippen molar-refractivity contribution < 1.29 is 0 Å². The van der Waals surface area contributed by atoms with Crippen LogP contribution in [0, 0.1) is 0 Å². The molecule has 0 saturated carbocycles. The Bertz CT molecular complexity index is 667. The van der Waals surface area contributed by atoms with E-state index in [9.17, 15) is 0 Å². The van der Waals surface area contributed by atoms with Crippen molar-refractivity contribution in [2.75, 3.05) is 6.54 Å². The van der Waals surface area contributed by atoms with Gasteiger partial charge in [-0.25, -0.2) is 0 Å². The summed E-state index contributed by atoms with van der Waals surface area (Å²) in [5, 5.41) is 3.73. The molecule has 0 heterocycles. The summed E-state index contributed by atoms with van der Waals surface area (Å²) >= 11 is 0. The molecule has 0 amide bonds. The van der Waals surface area contributed by atoms with Crippen LogP contribution >= 0.6 is 0 Å². The number of nitrogens with one attached hydrogen (secondary N) is 1. The van der Waals surface area contributed by atoms with E-state index in [0.717, 1.165) is 13.0 Å². The molecule has 0 fully saturated rings. The van der Waals surface area contributed by atoms with Gasteiger partial charge in [0.15, 0.2) is 0 Å². The first-order valence-electron chi connectivity index (χ1n) is 8.75. The molecule has 0 radical (unpaired) electrons. The van der Waals surface area contributed by atoms with E-state index in [4.69, 9.17) is 0 Å². The van der Waals surface area contributed by atoms with Gasteiger partial charge < -0.3 is 5.32 Å². The van der Waals surface area contributed by atoms with Crippen molar-refractivity contribution >= 4 is 0 Å². The van der Waals surface area contributed by atoms with Crippen LogP contribution in [0.5, 0.6) is 0 Å². The van der Waals surface area contributed by atoms with Gasteiger partial charge in [-0.15, -0.1) is 0 Å². The lowest BCUT2D eigenvalue weighted by atomic mass is 9.82. The third kappa shape index (κ3) is 4.12. The van der Waals surface area contributed by atoms with Crippen LogP contribution in [-0.2, 0) is 6.42 Å². The first-order valence-corrected chi connectivity index (χ1v) is 8.75. The smallest absolute Gasteiger partial charge is 0.0246 e. The van der Waals surface area contributed by atoms with Gasteiger partial charge in [0.1, 0.15) is 0 Å². The van der Waals surface area contributed by atoms with Crippen LogP contribution in [-0.4, -0.2) is 12.6 Å². The zero-order valence-electron chi connectivity index (χ0n) is 14.2. The fraction of sp³-hybridized carbons (Fsp3) is 0.217. The van der Waals surface area contributed by atoms with Crippen LogP contribution in [0.1, 0.15) is 29.5 Å². The second-order valence-electron chi connectivity index (χ2n) is 6.15. The van der Waals surface area contributed by atoms with Crippen LogP contribution in [0.2, 0.25) is 0 Å². The van der Waals surface area contributed by atoms with Gasteiger partial charge in [-0.05, 0) is 29.7 Å². The van der Waals surface area contributed by atoms with E-state index in [1.807, 2.05) is 0 Å². The molecule has 0 aliphatic rings. The number of likely N-dealkylation sites (N-methyl/N-ethyl adjacent to an activating group) is 1. The average molecular weight is 315 g/mol. The minimum Gasteiger partial charge on any atom is -0.313 e. The van der Waals surface area contributed by atoms with E-state index < -0.39 is 0 Å². The molecule has 3 aromatic carbocycles. The largest absolute Gasteiger partial charge is 0.313 e.